The van der Waals surface area contributed by atoms with Gasteiger partial charge in [-0.15, -0.1) is 0 Å². The molecule has 0 fully saturated rings. The van der Waals surface area contributed by atoms with Gasteiger partial charge in [-0.25, -0.2) is 9.37 Å². The van der Waals surface area contributed by atoms with Crippen molar-refractivity contribution in [3.8, 4) is 5.75 Å². The molecule has 0 saturated heterocycles. The Morgan fingerprint density at radius 1 is 1.42 bits per heavy atom. The minimum absolute atomic E-state index is 0.151. The van der Waals surface area contributed by atoms with E-state index in [0.29, 0.717) is 5.82 Å². The molecule has 1 heterocycles. The lowest BCUT2D eigenvalue weighted by atomic mass is 10.2. The molecule has 0 aliphatic carbocycles. The van der Waals surface area contributed by atoms with Crippen molar-refractivity contribution in [2.45, 2.75) is 6.92 Å². The van der Waals surface area contributed by atoms with Gasteiger partial charge in [-0.3, -0.25) is 4.79 Å². The summed E-state index contributed by atoms with van der Waals surface area (Å²) >= 11 is 3.26. The Kier molecular flexibility index (Phi) is 3.80. The Morgan fingerprint density at radius 3 is 2.79 bits per heavy atom. The summed E-state index contributed by atoms with van der Waals surface area (Å²) in [5, 5.41) is 11.6. The Morgan fingerprint density at radius 2 is 2.16 bits per heavy atom. The number of phenolic OH excluding ortho intramolecular Hbond substituents is 1. The molecule has 2 N–H and O–H groups in total. The highest BCUT2D eigenvalue weighted by Gasteiger charge is 2.14. The van der Waals surface area contributed by atoms with E-state index < -0.39 is 11.7 Å². The number of carbonyl (C=O) groups excluding carboxylic acids is 1. The summed E-state index contributed by atoms with van der Waals surface area (Å²) < 4.78 is 14.3. The number of hydrogen-bond acceptors (Lipinski definition) is 3. The fourth-order valence-electron chi connectivity index (χ4n) is 1.53. The number of aromatic hydroxyl groups is 1. The number of hydrogen-bond donors (Lipinski definition) is 2. The molecule has 1 aromatic heterocycles. The Bertz CT molecular complexity index is 647. The number of anilines is 1. The molecular formula is C13H10BrFN2O2. The SMILES string of the molecule is Cc1cc(Br)cnc1NC(=O)c1ccc(O)cc1F. The third kappa shape index (κ3) is 3.08. The average Bonchev–Trinajstić information content (AvgIpc) is 2.32. The molecule has 0 saturated carbocycles. The van der Waals surface area contributed by atoms with Crippen LogP contribution in [-0.4, -0.2) is 16.0 Å². The number of phenols is 1. The van der Waals surface area contributed by atoms with E-state index >= 15 is 0 Å². The highest BCUT2D eigenvalue weighted by Crippen LogP contribution is 2.19. The van der Waals surface area contributed by atoms with Gasteiger partial charge in [0.25, 0.3) is 5.91 Å². The summed E-state index contributed by atoms with van der Waals surface area (Å²) in [7, 11) is 0. The molecule has 1 aromatic carbocycles. The maximum absolute atomic E-state index is 13.5. The Balaban J connectivity index is 2.25. The van der Waals surface area contributed by atoms with Crippen LogP contribution in [0.5, 0.6) is 5.75 Å². The summed E-state index contributed by atoms with van der Waals surface area (Å²) in [6, 6.07) is 5.14. The fourth-order valence-corrected chi connectivity index (χ4v) is 1.98. The molecule has 1 amide bonds. The molecule has 0 aliphatic rings. The second-order valence-electron chi connectivity index (χ2n) is 3.94. The predicted octanol–water partition coefficient (Wildman–Crippen LogP) is 3.25. The van der Waals surface area contributed by atoms with Gasteiger partial charge in [-0.2, -0.15) is 0 Å². The number of halogens is 2. The van der Waals surface area contributed by atoms with Crippen molar-refractivity contribution in [2.75, 3.05) is 5.32 Å². The number of amides is 1. The van der Waals surface area contributed by atoms with Crippen molar-refractivity contribution in [3.63, 3.8) is 0 Å². The molecule has 19 heavy (non-hydrogen) atoms. The van der Waals surface area contributed by atoms with E-state index in [1.54, 1.807) is 13.0 Å². The minimum Gasteiger partial charge on any atom is -0.508 e. The summed E-state index contributed by atoms with van der Waals surface area (Å²) in [6.07, 6.45) is 1.54. The first kappa shape index (κ1) is 13.5. The molecule has 0 spiro atoms. The zero-order valence-corrected chi connectivity index (χ0v) is 11.5. The topological polar surface area (TPSA) is 62.2 Å². The van der Waals surface area contributed by atoms with Crippen molar-refractivity contribution < 1.29 is 14.3 Å². The molecule has 2 aromatic rings. The fraction of sp³-hybridized carbons (Fsp3) is 0.0769. The first-order chi connectivity index (χ1) is 8.97. The number of nitrogens with zero attached hydrogens (tertiary/aromatic N) is 1. The van der Waals surface area contributed by atoms with Crippen LogP contribution in [0.1, 0.15) is 15.9 Å². The number of nitrogens with one attached hydrogen (secondary N) is 1. The Labute approximate surface area is 117 Å². The zero-order valence-electron chi connectivity index (χ0n) is 9.95. The number of carbonyl (C=O) groups is 1. The van der Waals surface area contributed by atoms with Crippen molar-refractivity contribution in [2.24, 2.45) is 0 Å². The highest BCUT2D eigenvalue weighted by atomic mass is 79.9. The van der Waals surface area contributed by atoms with Gasteiger partial charge >= 0.3 is 0 Å². The van der Waals surface area contributed by atoms with E-state index in [1.807, 2.05) is 0 Å². The zero-order chi connectivity index (χ0) is 14.0. The van der Waals surface area contributed by atoms with E-state index in [1.165, 1.54) is 18.3 Å². The minimum atomic E-state index is -0.785. The molecule has 0 atom stereocenters. The van der Waals surface area contributed by atoms with Gasteiger partial charge in [-0.1, -0.05) is 0 Å². The van der Waals surface area contributed by atoms with Gasteiger partial charge in [0, 0.05) is 16.7 Å². The number of aromatic nitrogens is 1. The first-order valence-electron chi connectivity index (χ1n) is 5.39. The van der Waals surface area contributed by atoms with Gasteiger partial charge in [0.2, 0.25) is 0 Å². The molecule has 0 unspecified atom stereocenters. The van der Waals surface area contributed by atoms with Gasteiger partial charge in [0.05, 0.1) is 5.56 Å². The van der Waals surface area contributed by atoms with E-state index in [-0.39, 0.29) is 11.3 Å². The van der Waals surface area contributed by atoms with Crippen LogP contribution in [0.3, 0.4) is 0 Å². The maximum Gasteiger partial charge on any atom is 0.259 e. The van der Waals surface area contributed by atoms with Crippen LogP contribution in [0.25, 0.3) is 0 Å². The van der Waals surface area contributed by atoms with Crippen LogP contribution in [0.2, 0.25) is 0 Å². The molecular weight excluding hydrogens is 315 g/mol. The average molecular weight is 325 g/mol. The normalized spacial score (nSPS) is 10.3. The van der Waals surface area contributed by atoms with Crippen molar-refractivity contribution in [1.29, 1.82) is 0 Å². The Hall–Kier alpha value is -1.95. The number of aryl methyl sites for hydroxylation is 1. The standard InChI is InChI=1S/C13H10BrFN2O2/c1-7-4-8(14)6-16-12(7)17-13(19)10-3-2-9(18)5-11(10)15/h2-6,18H,1H3,(H,16,17,19). The lowest BCUT2D eigenvalue weighted by Gasteiger charge is -2.08. The lowest BCUT2D eigenvalue weighted by Crippen LogP contribution is -2.15. The smallest absolute Gasteiger partial charge is 0.259 e. The number of rotatable bonds is 2. The van der Waals surface area contributed by atoms with Crippen LogP contribution < -0.4 is 5.32 Å². The molecule has 0 bridgehead atoms. The number of pyridine rings is 1. The number of benzene rings is 1. The largest absolute Gasteiger partial charge is 0.508 e. The highest BCUT2D eigenvalue weighted by molar-refractivity contribution is 9.10. The van der Waals surface area contributed by atoms with E-state index in [0.717, 1.165) is 16.1 Å². The van der Waals surface area contributed by atoms with Crippen LogP contribution in [0.15, 0.2) is 34.9 Å². The van der Waals surface area contributed by atoms with Crippen molar-refractivity contribution in [1.82, 2.24) is 4.98 Å². The summed E-state index contributed by atoms with van der Waals surface area (Å²) in [4.78, 5) is 15.9. The second kappa shape index (κ2) is 5.36. The van der Waals surface area contributed by atoms with E-state index in [4.69, 9.17) is 5.11 Å². The molecule has 2 rings (SSSR count). The van der Waals surface area contributed by atoms with Gasteiger partial charge < -0.3 is 10.4 Å². The van der Waals surface area contributed by atoms with E-state index in [9.17, 15) is 9.18 Å². The predicted molar refractivity (Wildman–Crippen MR) is 72.7 cm³/mol. The quantitative estimate of drug-likeness (QED) is 0.891. The van der Waals surface area contributed by atoms with E-state index in [2.05, 4.69) is 26.2 Å². The van der Waals surface area contributed by atoms with Crippen LogP contribution in [-0.2, 0) is 0 Å². The van der Waals surface area contributed by atoms with Crippen molar-refractivity contribution >= 4 is 27.7 Å². The van der Waals surface area contributed by atoms with Gasteiger partial charge in [0.15, 0.2) is 0 Å². The molecule has 0 aliphatic heterocycles. The van der Waals surface area contributed by atoms with Crippen molar-refractivity contribution in [3.05, 3.63) is 51.9 Å². The lowest BCUT2D eigenvalue weighted by molar-refractivity contribution is 0.102. The van der Waals surface area contributed by atoms with Gasteiger partial charge in [0.1, 0.15) is 17.4 Å². The third-order valence-corrected chi connectivity index (χ3v) is 2.91. The van der Waals surface area contributed by atoms with Gasteiger partial charge in [-0.05, 0) is 46.6 Å². The maximum atomic E-state index is 13.5. The molecule has 6 heteroatoms. The molecule has 0 radical (unpaired) electrons. The monoisotopic (exact) mass is 324 g/mol. The second-order valence-corrected chi connectivity index (χ2v) is 4.85. The van der Waals surface area contributed by atoms with Crippen LogP contribution >= 0.6 is 15.9 Å². The summed E-state index contributed by atoms with van der Waals surface area (Å²) in [5.41, 5.74) is 0.601. The van der Waals surface area contributed by atoms with Crippen LogP contribution in [0, 0.1) is 12.7 Å². The summed E-state index contributed by atoms with van der Waals surface area (Å²) in [6.45, 7) is 1.78. The summed E-state index contributed by atoms with van der Waals surface area (Å²) in [5.74, 6) is -1.27. The molecule has 4 nitrogen and oxygen atoms in total. The first-order valence-corrected chi connectivity index (χ1v) is 6.18. The third-order valence-electron chi connectivity index (χ3n) is 2.47. The van der Waals surface area contributed by atoms with Crippen LogP contribution in [0.4, 0.5) is 10.2 Å². The molecule has 98 valence electrons.